The predicted octanol–water partition coefficient (Wildman–Crippen LogP) is 2.76. The zero-order valence-corrected chi connectivity index (χ0v) is 12.4. The van der Waals surface area contributed by atoms with Crippen molar-refractivity contribution in [3.05, 3.63) is 47.8 Å². The molecule has 0 aliphatic heterocycles. The van der Waals surface area contributed by atoms with Crippen molar-refractivity contribution in [2.24, 2.45) is 0 Å². The van der Waals surface area contributed by atoms with Crippen LogP contribution >= 0.6 is 0 Å². The van der Waals surface area contributed by atoms with Crippen LogP contribution in [-0.2, 0) is 6.54 Å². The quantitative estimate of drug-likeness (QED) is 0.793. The summed E-state index contributed by atoms with van der Waals surface area (Å²) in [5.41, 5.74) is 0.544. The Kier molecular flexibility index (Phi) is 5.24. The molecule has 2 rings (SSSR count). The summed E-state index contributed by atoms with van der Waals surface area (Å²) >= 11 is 0. The summed E-state index contributed by atoms with van der Waals surface area (Å²) in [6.45, 7) is 4.03. The number of nitrogens with zero attached hydrogens (tertiary/aromatic N) is 2. The molecule has 0 aliphatic carbocycles. The van der Waals surface area contributed by atoms with Gasteiger partial charge in [0.05, 0.1) is 0 Å². The Morgan fingerprint density at radius 3 is 2.45 bits per heavy atom. The van der Waals surface area contributed by atoms with Gasteiger partial charge in [-0.25, -0.2) is 9.18 Å². The van der Waals surface area contributed by atoms with Crippen LogP contribution in [0, 0.1) is 5.82 Å². The molecule has 0 bridgehead atoms. The van der Waals surface area contributed by atoms with E-state index < -0.39 is 0 Å². The molecule has 0 saturated carbocycles. The SMILES string of the molecule is CC(C)NC(=O)Nc1ccc(NCc2ccccc2F)nn1. The number of nitrogens with one attached hydrogen (secondary N) is 3. The van der Waals surface area contributed by atoms with Crippen LogP contribution in [0.3, 0.4) is 0 Å². The number of benzene rings is 1. The minimum atomic E-state index is -0.337. The number of amides is 2. The second kappa shape index (κ2) is 7.35. The van der Waals surface area contributed by atoms with E-state index in [1.165, 1.54) is 6.07 Å². The highest BCUT2D eigenvalue weighted by atomic mass is 19.1. The molecular weight excluding hydrogens is 285 g/mol. The lowest BCUT2D eigenvalue weighted by atomic mass is 10.2. The van der Waals surface area contributed by atoms with Crippen molar-refractivity contribution in [3.8, 4) is 0 Å². The van der Waals surface area contributed by atoms with E-state index in [0.29, 0.717) is 23.7 Å². The van der Waals surface area contributed by atoms with E-state index in [2.05, 4.69) is 26.1 Å². The Labute approximate surface area is 128 Å². The van der Waals surface area contributed by atoms with Gasteiger partial charge in [0.1, 0.15) is 11.6 Å². The van der Waals surface area contributed by atoms with Crippen LogP contribution in [0.1, 0.15) is 19.4 Å². The molecule has 7 heteroatoms. The molecule has 3 N–H and O–H groups in total. The smallest absolute Gasteiger partial charge is 0.320 e. The fourth-order valence-corrected chi connectivity index (χ4v) is 1.74. The lowest BCUT2D eigenvalue weighted by molar-refractivity contribution is 0.250. The summed E-state index contributed by atoms with van der Waals surface area (Å²) in [6.07, 6.45) is 0. The van der Waals surface area contributed by atoms with Crippen molar-refractivity contribution in [1.82, 2.24) is 15.5 Å². The second-order valence-corrected chi connectivity index (χ2v) is 5.00. The van der Waals surface area contributed by atoms with Gasteiger partial charge in [0.25, 0.3) is 0 Å². The highest BCUT2D eigenvalue weighted by Gasteiger charge is 2.05. The van der Waals surface area contributed by atoms with Crippen molar-refractivity contribution in [1.29, 1.82) is 0 Å². The molecule has 1 aromatic heterocycles. The number of hydrogen-bond acceptors (Lipinski definition) is 4. The van der Waals surface area contributed by atoms with Gasteiger partial charge in [-0.2, -0.15) is 0 Å². The van der Waals surface area contributed by atoms with Crippen LogP contribution in [0.25, 0.3) is 0 Å². The minimum absolute atomic E-state index is 0.0367. The molecule has 6 nitrogen and oxygen atoms in total. The van der Waals surface area contributed by atoms with Crippen molar-refractivity contribution in [2.75, 3.05) is 10.6 Å². The lowest BCUT2D eigenvalue weighted by Gasteiger charge is -2.10. The predicted molar refractivity (Wildman–Crippen MR) is 83.0 cm³/mol. The molecule has 1 heterocycles. The monoisotopic (exact) mass is 303 g/mol. The molecule has 2 aromatic rings. The van der Waals surface area contributed by atoms with E-state index in [-0.39, 0.29) is 17.9 Å². The Morgan fingerprint density at radius 1 is 1.14 bits per heavy atom. The van der Waals surface area contributed by atoms with Crippen molar-refractivity contribution in [3.63, 3.8) is 0 Å². The van der Waals surface area contributed by atoms with Crippen LogP contribution in [0.4, 0.5) is 20.8 Å². The maximum absolute atomic E-state index is 13.5. The number of rotatable bonds is 5. The summed E-state index contributed by atoms with van der Waals surface area (Å²) in [5, 5.41) is 16.0. The van der Waals surface area contributed by atoms with Crippen molar-refractivity contribution >= 4 is 17.7 Å². The lowest BCUT2D eigenvalue weighted by Crippen LogP contribution is -2.34. The third-order valence-electron chi connectivity index (χ3n) is 2.74. The summed E-state index contributed by atoms with van der Waals surface area (Å²) in [5.74, 6) is 0.569. The Hall–Kier alpha value is -2.70. The third kappa shape index (κ3) is 4.69. The van der Waals surface area contributed by atoms with Gasteiger partial charge in [-0.1, -0.05) is 18.2 Å². The van der Waals surface area contributed by atoms with Gasteiger partial charge in [0.15, 0.2) is 5.82 Å². The molecule has 0 radical (unpaired) electrons. The zero-order valence-electron chi connectivity index (χ0n) is 12.4. The molecule has 0 aliphatic rings. The molecule has 0 fully saturated rings. The average molecular weight is 303 g/mol. The number of halogens is 1. The first kappa shape index (κ1) is 15.7. The maximum Gasteiger partial charge on any atom is 0.320 e. The van der Waals surface area contributed by atoms with Crippen LogP contribution in [0.2, 0.25) is 0 Å². The Balaban J connectivity index is 1.89. The highest BCUT2D eigenvalue weighted by molar-refractivity contribution is 5.88. The highest BCUT2D eigenvalue weighted by Crippen LogP contribution is 2.10. The van der Waals surface area contributed by atoms with Gasteiger partial charge in [-0.15, -0.1) is 10.2 Å². The Bertz CT molecular complexity index is 630. The third-order valence-corrected chi connectivity index (χ3v) is 2.74. The fraction of sp³-hybridized carbons (Fsp3) is 0.267. The van der Waals surface area contributed by atoms with Gasteiger partial charge >= 0.3 is 6.03 Å². The number of carbonyl (C=O) groups is 1. The van der Waals surface area contributed by atoms with E-state index in [9.17, 15) is 9.18 Å². The summed E-state index contributed by atoms with van der Waals surface area (Å²) in [7, 11) is 0. The van der Waals surface area contributed by atoms with Crippen molar-refractivity contribution < 1.29 is 9.18 Å². The standard InChI is InChI=1S/C15H18FN5O/c1-10(2)18-15(22)19-14-8-7-13(20-21-14)17-9-11-5-3-4-6-12(11)16/h3-8,10H,9H2,1-2H3,(H,17,20)(H2,18,19,21,22). The summed E-state index contributed by atoms with van der Waals surface area (Å²) < 4.78 is 13.5. The van der Waals surface area contributed by atoms with Crippen LogP contribution in [-0.4, -0.2) is 22.3 Å². The van der Waals surface area contributed by atoms with Crippen molar-refractivity contribution in [2.45, 2.75) is 26.4 Å². The molecule has 0 saturated heterocycles. The van der Waals surface area contributed by atoms with Crippen LogP contribution < -0.4 is 16.0 Å². The van der Waals surface area contributed by atoms with Gasteiger partial charge in [-0.3, -0.25) is 5.32 Å². The van der Waals surface area contributed by atoms with E-state index >= 15 is 0 Å². The first-order valence-electron chi connectivity index (χ1n) is 6.93. The van der Waals surface area contributed by atoms with Crippen LogP contribution in [0.15, 0.2) is 36.4 Å². The second-order valence-electron chi connectivity index (χ2n) is 5.00. The van der Waals surface area contributed by atoms with E-state index in [0.717, 1.165) is 0 Å². The Morgan fingerprint density at radius 2 is 1.82 bits per heavy atom. The number of anilines is 2. The largest absolute Gasteiger partial charge is 0.364 e. The molecule has 22 heavy (non-hydrogen) atoms. The van der Waals surface area contributed by atoms with E-state index in [4.69, 9.17) is 0 Å². The number of aromatic nitrogens is 2. The molecule has 0 spiro atoms. The maximum atomic E-state index is 13.5. The first-order chi connectivity index (χ1) is 10.5. The van der Waals surface area contributed by atoms with Gasteiger partial charge in [-0.05, 0) is 32.0 Å². The van der Waals surface area contributed by atoms with Gasteiger partial charge in [0.2, 0.25) is 0 Å². The van der Waals surface area contributed by atoms with E-state index in [1.54, 1.807) is 30.3 Å². The molecule has 1 aromatic carbocycles. The van der Waals surface area contributed by atoms with Crippen LogP contribution in [0.5, 0.6) is 0 Å². The molecular formula is C15H18FN5O. The fourth-order valence-electron chi connectivity index (χ4n) is 1.74. The number of urea groups is 1. The molecule has 2 amide bonds. The summed E-state index contributed by atoms with van der Waals surface area (Å²) in [4.78, 5) is 11.5. The minimum Gasteiger partial charge on any atom is -0.364 e. The summed E-state index contributed by atoms with van der Waals surface area (Å²) in [6, 6.07) is 9.50. The van der Waals surface area contributed by atoms with E-state index in [1.807, 2.05) is 13.8 Å². The zero-order chi connectivity index (χ0) is 15.9. The molecule has 116 valence electrons. The van der Waals surface area contributed by atoms with Gasteiger partial charge < -0.3 is 10.6 Å². The average Bonchev–Trinajstić information content (AvgIpc) is 2.47. The number of carbonyl (C=O) groups excluding carboxylic acids is 1. The normalized spacial score (nSPS) is 10.4. The first-order valence-corrected chi connectivity index (χ1v) is 6.93. The number of hydrogen-bond donors (Lipinski definition) is 3. The van der Waals surface area contributed by atoms with Gasteiger partial charge in [0, 0.05) is 18.2 Å². The molecule has 0 atom stereocenters. The molecule has 0 unspecified atom stereocenters. The topological polar surface area (TPSA) is 78.9 Å².